The zero-order valence-electron chi connectivity index (χ0n) is 14.3. The van der Waals surface area contributed by atoms with Gasteiger partial charge in [0.2, 0.25) is 0 Å². The first-order chi connectivity index (χ1) is 12.2. The van der Waals surface area contributed by atoms with Crippen LogP contribution in [0.25, 0.3) is 0 Å². The summed E-state index contributed by atoms with van der Waals surface area (Å²) in [5.74, 6) is 0.635. The van der Waals surface area contributed by atoms with E-state index in [0.717, 1.165) is 18.0 Å². The topological polar surface area (TPSA) is 65.5 Å². The van der Waals surface area contributed by atoms with E-state index in [1.807, 2.05) is 42.5 Å². The van der Waals surface area contributed by atoms with Crippen molar-refractivity contribution >= 4 is 23.5 Å². The number of hydrogen-bond acceptors (Lipinski definition) is 2. The second kappa shape index (κ2) is 10.4. The fourth-order valence-electron chi connectivity index (χ4n) is 2.25. The van der Waals surface area contributed by atoms with Crippen molar-refractivity contribution in [3.63, 3.8) is 0 Å². The number of guanidine groups is 1. The quantitative estimate of drug-likeness (QED) is 0.405. The van der Waals surface area contributed by atoms with E-state index in [9.17, 15) is 4.79 Å². The molecule has 0 spiro atoms. The average molecular weight is 359 g/mol. The highest BCUT2D eigenvalue weighted by Gasteiger charge is 2.03. The molecule has 0 heterocycles. The van der Waals surface area contributed by atoms with Crippen LogP contribution in [0.3, 0.4) is 0 Å². The third-order valence-electron chi connectivity index (χ3n) is 3.58. The first-order valence-electron chi connectivity index (χ1n) is 8.21. The number of amides is 1. The van der Waals surface area contributed by atoms with Gasteiger partial charge >= 0.3 is 0 Å². The van der Waals surface area contributed by atoms with Gasteiger partial charge in [0.15, 0.2) is 5.96 Å². The van der Waals surface area contributed by atoms with E-state index in [2.05, 4.69) is 20.9 Å². The summed E-state index contributed by atoms with van der Waals surface area (Å²) in [5, 5.41) is 10.0. The Morgan fingerprint density at radius 2 is 1.56 bits per heavy atom. The number of halogens is 1. The highest BCUT2D eigenvalue weighted by atomic mass is 35.5. The van der Waals surface area contributed by atoms with Crippen molar-refractivity contribution in [1.29, 1.82) is 0 Å². The van der Waals surface area contributed by atoms with Gasteiger partial charge in [-0.15, -0.1) is 0 Å². The van der Waals surface area contributed by atoms with Crippen LogP contribution in [0, 0.1) is 0 Å². The molecule has 0 saturated carbocycles. The van der Waals surface area contributed by atoms with Crippen molar-refractivity contribution in [3.05, 3.63) is 70.7 Å². The normalized spacial score (nSPS) is 11.0. The Bertz CT molecular complexity index is 686. The van der Waals surface area contributed by atoms with Gasteiger partial charge in [-0.1, -0.05) is 41.9 Å². The number of carbonyl (C=O) groups is 1. The first kappa shape index (κ1) is 18.8. The molecule has 0 aliphatic rings. The van der Waals surface area contributed by atoms with E-state index in [1.165, 1.54) is 5.56 Å². The third-order valence-corrected chi connectivity index (χ3v) is 3.83. The predicted octanol–water partition coefficient (Wildman–Crippen LogP) is 2.48. The highest BCUT2D eigenvalue weighted by molar-refractivity contribution is 6.30. The Morgan fingerprint density at radius 1 is 0.920 bits per heavy atom. The van der Waals surface area contributed by atoms with E-state index < -0.39 is 0 Å². The van der Waals surface area contributed by atoms with Crippen LogP contribution in [-0.4, -0.2) is 38.5 Å². The second-order valence-electron chi connectivity index (χ2n) is 5.42. The fraction of sp³-hybridized carbons (Fsp3) is 0.263. The zero-order valence-corrected chi connectivity index (χ0v) is 15.0. The molecule has 2 rings (SSSR count). The van der Waals surface area contributed by atoms with E-state index in [4.69, 9.17) is 11.6 Å². The molecule has 5 nitrogen and oxygen atoms in total. The summed E-state index contributed by atoms with van der Waals surface area (Å²) < 4.78 is 0. The van der Waals surface area contributed by atoms with Crippen LogP contribution in [0.5, 0.6) is 0 Å². The van der Waals surface area contributed by atoms with Crippen LogP contribution in [0.15, 0.2) is 59.6 Å². The summed E-state index contributed by atoms with van der Waals surface area (Å²) in [7, 11) is 1.72. The number of benzene rings is 2. The molecule has 0 fully saturated rings. The van der Waals surface area contributed by atoms with E-state index >= 15 is 0 Å². The van der Waals surface area contributed by atoms with Gasteiger partial charge in [-0.3, -0.25) is 9.79 Å². The maximum absolute atomic E-state index is 11.9. The minimum atomic E-state index is -0.0758. The lowest BCUT2D eigenvalue weighted by Gasteiger charge is -2.12. The zero-order chi connectivity index (χ0) is 17.9. The van der Waals surface area contributed by atoms with Gasteiger partial charge in [0.25, 0.3) is 5.91 Å². The molecule has 0 radical (unpaired) electrons. The Morgan fingerprint density at radius 3 is 2.24 bits per heavy atom. The second-order valence-corrected chi connectivity index (χ2v) is 5.86. The van der Waals surface area contributed by atoms with Gasteiger partial charge in [0.05, 0.1) is 0 Å². The molecule has 0 aliphatic heterocycles. The number of nitrogens with one attached hydrogen (secondary N) is 3. The summed E-state index contributed by atoms with van der Waals surface area (Å²) in [6.45, 7) is 1.88. The Labute approximate surface area is 153 Å². The molecule has 132 valence electrons. The van der Waals surface area contributed by atoms with Crippen LogP contribution in [0.2, 0.25) is 5.02 Å². The van der Waals surface area contributed by atoms with Crippen LogP contribution in [0.4, 0.5) is 0 Å². The summed E-state index contributed by atoms with van der Waals surface area (Å²) in [6.07, 6.45) is 0.878. The van der Waals surface area contributed by atoms with Crippen LogP contribution in [0.1, 0.15) is 15.9 Å². The number of aliphatic imine (C=N–C) groups is 1. The average Bonchev–Trinajstić information content (AvgIpc) is 2.65. The summed E-state index contributed by atoms with van der Waals surface area (Å²) >= 11 is 5.88. The molecule has 0 unspecified atom stereocenters. The van der Waals surface area contributed by atoms with E-state index in [0.29, 0.717) is 24.6 Å². The smallest absolute Gasteiger partial charge is 0.251 e. The molecular formula is C19H23ClN4O. The third kappa shape index (κ3) is 6.85. The maximum atomic E-state index is 11.9. The molecule has 0 saturated heterocycles. The monoisotopic (exact) mass is 358 g/mol. The molecule has 1 amide bonds. The van der Waals surface area contributed by atoms with Gasteiger partial charge < -0.3 is 16.0 Å². The lowest BCUT2D eigenvalue weighted by Crippen LogP contribution is -2.42. The lowest BCUT2D eigenvalue weighted by atomic mass is 10.1. The fourth-order valence-corrected chi connectivity index (χ4v) is 2.37. The Kier molecular flexibility index (Phi) is 7.79. The Hall–Kier alpha value is -2.53. The SMILES string of the molecule is CN=C(NCCNC(=O)c1ccccc1)NCCc1ccc(Cl)cc1. The summed E-state index contributed by atoms with van der Waals surface area (Å²) in [5.41, 5.74) is 1.87. The minimum Gasteiger partial charge on any atom is -0.356 e. The largest absolute Gasteiger partial charge is 0.356 e. The Balaban J connectivity index is 1.63. The molecule has 0 aliphatic carbocycles. The van der Waals surface area contributed by atoms with Crippen molar-refractivity contribution in [2.45, 2.75) is 6.42 Å². The van der Waals surface area contributed by atoms with Crippen molar-refractivity contribution in [3.8, 4) is 0 Å². The molecule has 3 N–H and O–H groups in total. The first-order valence-corrected chi connectivity index (χ1v) is 8.59. The van der Waals surface area contributed by atoms with Gasteiger partial charge in [-0.05, 0) is 36.2 Å². The summed E-state index contributed by atoms with van der Waals surface area (Å²) in [6, 6.07) is 17.0. The van der Waals surface area contributed by atoms with Crippen molar-refractivity contribution < 1.29 is 4.79 Å². The predicted molar refractivity (Wildman–Crippen MR) is 103 cm³/mol. The van der Waals surface area contributed by atoms with Gasteiger partial charge in [-0.25, -0.2) is 0 Å². The standard InChI is InChI=1S/C19H23ClN4O/c1-21-19(23-12-11-15-7-9-17(20)10-8-15)24-14-13-22-18(25)16-5-3-2-4-6-16/h2-10H,11-14H2,1H3,(H,22,25)(H2,21,23,24). The number of carbonyl (C=O) groups excluding carboxylic acids is 1. The van der Waals surface area contributed by atoms with Gasteiger partial charge in [0.1, 0.15) is 0 Å². The van der Waals surface area contributed by atoms with Crippen molar-refractivity contribution in [2.24, 2.45) is 4.99 Å². The molecule has 0 bridgehead atoms. The van der Waals surface area contributed by atoms with Crippen molar-refractivity contribution in [2.75, 3.05) is 26.7 Å². The van der Waals surface area contributed by atoms with E-state index in [-0.39, 0.29) is 5.91 Å². The molecule has 25 heavy (non-hydrogen) atoms. The molecule has 2 aromatic carbocycles. The number of hydrogen-bond donors (Lipinski definition) is 3. The molecule has 0 atom stereocenters. The van der Waals surface area contributed by atoms with Crippen molar-refractivity contribution in [1.82, 2.24) is 16.0 Å². The van der Waals surface area contributed by atoms with Gasteiger partial charge in [0, 0.05) is 37.3 Å². The minimum absolute atomic E-state index is 0.0758. The number of rotatable bonds is 7. The van der Waals surface area contributed by atoms with Crippen LogP contribution < -0.4 is 16.0 Å². The number of nitrogens with zero attached hydrogens (tertiary/aromatic N) is 1. The maximum Gasteiger partial charge on any atom is 0.251 e. The molecular weight excluding hydrogens is 336 g/mol. The molecule has 2 aromatic rings. The van der Waals surface area contributed by atoms with E-state index in [1.54, 1.807) is 19.2 Å². The highest BCUT2D eigenvalue weighted by Crippen LogP contribution is 2.09. The van der Waals surface area contributed by atoms with Crippen LogP contribution in [-0.2, 0) is 6.42 Å². The molecule has 6 heteroatoms. The molecule has 0 aromatic heterocycles. The van der Waals surface area contributed by atoms with Crippen LogP contribution >= 0.6 is 11.6 Å². The van der Waals surface area contributed by atoms with Gasteiger partial charge in [-0.2, -0.15) is 0 Å². The lowest BCUT2D eigenvalue weighted by molar-refractivity contribution is 0.0954. The summed E-state index contributed by atoms with van der Waals surface area (Å²) in [4.78, 5) is 16.1.